The van der Waals surface area contributed by atoms with E-state index in [1.165, 1.54) is 0 Å². The van der Waals surface area contributed by atoms with E-state index in [1.54, 1.807) is 24.8 Å². The van der Waals surface area contributed by atoms with Crippen LogP contribution >= 0.6 is 0 Å². The van der Waals surface area contributed by atoms with Gasteiger partial charge in [0.1, 0.15) is 0 Å². The quantitative estimate of drug-likeness (QED) is 0.158. The lowest BCUT2D eigenvalue weighted by Crippen LogP contribution is -2.27. The monoisotopic (exact) mass is 736 g/mol. The Morgan fingerprint density at radius 2 is 0.893 bits per heavy atom. The standard InChI is InChI=1S/2C23H20N4O/c2*1-15(17-7-9-18(10-8-17)20-6-3-11-24-14-20)27-23(28)21-13-19-5-4-12-25-22(19)26-16(21)2/h2*3-15H,1-2H3,(H,27,28)/t2*15-/m10/s1. The Morgan fingerprint density at radius 3 is 1.27 bits per heavy atom. The summed E-state index contributed by atoms with van der Waals surface area (Å²) < 4.78 is 0. The van der Waals surface area contributed by atoms with E-state index in [2.05, 4.69) is 40.5 Å². The van der Waals surface area contributed by atoms with Gasteiger partial charge in [-0.3, -0.25) is 19.6 Å². The summed E-state index contributed by atoms with van der Waals surface area (Å²) in [6, 6.07) is 35.1. The lowest BCUT2D eigenvalue weighted by Gasteiger charge is -2.16. The summed E-state index contributed by atoms with van der Waals surface area (Å²) in [4.78, 5) is 51.3. The fourth-order valence-electron chi connectivity index (χ4n) is 6.36. The molecule has 10 heteroatoms. The van der Waals surface area contributed by atoms with Crippen molar-refractivity contribution < 1.29 is 9.59 Å². The molecule has 276 valence electrons. The van der Waals surface area contributed by atoms with Gasteiger partial charge in [0.2, 0.25) is 0 Å². The predicted octanol–water partition coefficient (Wildman–Crippen LogP) is 8.98. The van der Waals surface area contributed by atoms with Crippen LogP contribution in [0.1, 0.15) is 69.2 Å². The van der Waals surface area contributed by atoms with E-state index in [1.807, 2.05) is 149 Å². The van der Waals surface area contributed by atoms with Crippen molar-refractivity contribution in [3.05, 3.63) is 180 Å². The predicted molar refractivity (Wildman–Crippen MR) is 220 cm³/mol. The highest BCUT2D eigenvalue weighted by Gasteiger charge is 2.17. The third kappa shape index (κ3) is 8.61. The van der Waals surface area contributed by atoms with Crippen molar-refractivity contribution in [3.8, 4) is 22.3 Å². The number of amides is 2. The lowest BCUT2D eigenvalue weighted by atomic mass is 10.0. The van der Waals surface area contributed by atoms with Crippen molar-refractivity contribution in [1.29, 1.82) is 0 Å². The fraction of sp³-hybridized carbons (Fsp3) is 0.130. The van der Waals surface area contributed by atoms with Crippen LogP contribution in [0.3, 0.4) is 0 Å². The van der Waals surface area contributed by atoms with E-state index >= 15 is 0 Å². The molecule has 2 N–H and O–H groups in total. The first kappa shape index (κ1) is 37.1. The molecule has 0 saturated carbocycles. The van der Waals surface area contributed by atoms with Gasteiger partial charge < -0.3 is 10.6 Å². The van der Waals surface area contributed by atoms with Gasteiger partial charge in [0.05, 0.1) is 34.6 Å². The molecule has 8 aromatic rings. The summed E-state index contributed by atoms with van der Waals surface area (Å²) in [7, 11) is 0. The average Bonchev–Trinajstić information content (AvgIpc) is 3.24. The van der Waals surface area contributed by atoms with Gasteiger partial charge in [0.15, 0.2) is 11.3 Å². The van der Waals surface area contributed by atoms with Gasteiger partial charge in [-0.1, -0.05) is 60.7 Å². The Hall–Kier alpha value is -7.20. The SMILES string of the molecule is Cc1nc2ncccc2cc1C(=O)N[C@@H](C)c1ccc(-c2cccnc2)cc1.Cc1nc2ncccc2cc1C(=O)N[C@H](C)c1ccc(-c2cccnc2)cc1. The number of aromatic nitrogens is 6. The van der Waals surface area contributed by atoms with E-state index in [4.69, 9.17) is 0 Å². The number of hydrogen-bond donors (Lipinski definition) is 2. The summed E-state index contributed by atoms with van der Waals surface area (Å²) in [5.41, 5.74) is 10.2. The Bertz CT molecular complexity index is 2430. The van der Waals surface area contributed by atoms with Crippen molar-refractivity contribution in [2.24, 2.45) is 0 Å². The molecule has 2 aromatic carbocycles. The summed E-state index contributed by atoms with van der Waals surface area (Å²) in [6.45, 7) is 7.61. The molecule has 2 atom stereocenters. The Kier molecular flexibility index (Phi) is 11.2. The van der Waals surface area contributed by atoms with E-state index < -0.39 is 0 Å². The first-order chi connectivity index (χ1) is 27.2. The molecule has 2 amide bonds. The summed E-state index contributed by atoms with van der Waals surface area (Å²) in [6.07, 6.45) is 10.6. The van der Waals surface area contributed by atoms with Crippen LogP contribution in [0, 0.1) is 13.8 Å². The number of carbonyl (C=O) groups is 2. The molecular weight excluding hydrogens is 697 g/mol. The molecule has 0 saturated heterocycles. The summed E-state index contributed by atoms with van der Waals surface area (Å²) >= 11 is 0. The topological polar surface area (TPSA) is 136 Å². The maximum atomic E-state index is 12.8. The van der Waals surface area contributed by atoms with Crippen molar-refractivity contribution >= 4 is 33.9 Å². The third-order valence-electron chi connectivity index (χ3n) is 9.56. The fourth-order valence-corrected chi connectivity index (χ4v) is 6.36. The molecule has 0 fully saturated rings. The van der Waals surface area contributed by atoms with Crippen LogP contribution in [0.2, 0.25) is 0 Å². The average molecular weight is 737 g/mol. The highest BCUT2D eigenvalue weighted by molar-refractivity contribution is 5.99. The van der Waals surface area contributed by atoms with Gasteiger partial charge in [-0.05, 0) is 110 Å². The molecule has 0 unspecified atom stereocenters. The number of benzene rings is 2. The molecule has 10 nitrogen and oxygen atoms in total. The molecule has 0 aliphatic heterocycles. The summed E-state index contributed by atoms with van der Waals surface area (Å²) in [5, 5.41) is 7.84. The number of nitrogens with one attached hydrogen (secondary N) is 2. The second-order valence-corrected chi connectivity index (χ2v) is 13.5. The second kappa shape index (κ2) is 16.9. The number of rotatable bonds is 8. The molecule has 0 spiro atoms. The zero-order valence-corrected chi connectivity index (χ0v) is 31.5. The van der Waals surface area contributed by atoms with Crippen molar-refractivity contribution in [2.45, 2.75) is 39.8 Å². The number of pyridine rings is 6. The maximum Gasteiger partial charge on any atom is 0.253 e. The van der Waals surface area contributed by atoms with E-state index in [0.717, 1.165) is 44.2 Å². The largest absolute Gasteiger partial charge is 0.345 e. The summed E-state index contributed by atoms with van der Waals surface area (Å²) in [5.74, 6) is -0.279. The minimum atomic E-state index is -0.139. The smallest absolute Gasteiger partial charge is 0.253 e. The third-order valence-corrected chi connectivity index (χ3v) is 9.56. The van der Waals surface area contributed by atoms with Crippen molar-refractivity contribution in [2.75, 3.05) is 0 Å². The van der Waals surface area contributed by atoms with Gasteiger partial charge in [-0.25, -0.2) is 19.9 Å². The molecule has 6 aromatic heterocycles. The lowest BCUT2D eigenvalue weighted by molar-refractivity contribution is 0.0930. The maximum absolute atomic E-state index is 12.8. The highest BCUT2D eigenvalue weighted by Crippen LogP contribution is 2.24. The van der Waals surface area contributed by atoms with Crippen LogP contribution in [0.25, 0.3) is 44.3 Å². The van der Waals surface area contributed by atoms with E-state index in [0.29, 0.717) is 33.8 Å². The van der Waals surface area contributed by atoms with Crippen molar-refractivity contribution in [3.63, 3.8) is 0 Å². The van der Waals surface area contributed by atoms with Gasteiger partial charge in [0.25, 0.3) is 11.8 Å². The number of nitrogens with zero attached hydrogens (tertiary/aromatic N) is 6. The molecule has 0 radical (unpaired) electrons. The van der Waals surface area contributed by atoms with Crippen LogP contribution in [0.15, 0.2) is 146 Å². The van der Waals surface area contributed by atoms with Crippen LogP contribution in [0.5, 0.6) is 0 Å². The van der Waals surface area contributed by atoms with Crippen molar-refractivity contribution in [1.82, 2.24) is 40.5 Å². The van der Waals surface area contributed by atoms with Gasteiger partial charge in [-0.2, -0.15) is 0 Å². The molecule has 56 heavy (non-hydrogen) atoms. The van der Waals surface area contributed by atoms with Gasteiger partial charge >= 0.3 is 0 Å². The molecule has 8 rings (SSSR count). The second-order valence-electron chi connectivity index (χ2n) is 13.5. The van der Waals surface area contributed by atoms with E-state index in [-0.39, 0.29) is 23.9 Å². The molecule has 0 aliphatic carbocycles. The normalized spacial score (nSPS) is 11.9. The Labute approximate surface area is 325 Å². The minimum absolute atomic E-state index is 0.126. The van der Waals surface area contributed by atoms with Crippen LogP contribution < -0.4 is 10.6 Å². The van der Waals surface area contributed by atoms with Gasteiger partial charge in [0, 0.05) is 48.0 Å². The first-order valence-electron chi connectivity index (χ1n) is 18.3. The van der Waals surface area contributed by atoms with Gasteiger partial charge in [-0.15, -0.1) is 0 Å². The molecule has 6 heterocycles. The van der Waals surface area contributed by atoms with E-state index in [9.17, 15) is 9.59 Å². The molecular formula is C46H40N8O2. The Balaban J connectivity index is 0.000000172. The number of fused-ring (bicyclic) bond motifs is 2. The number of hydrogen-bond acceptors (Lipinski definition) is 8. The zero-order valence-electron chi connectivity index (χ0n) is 31.5. The number of carbonyl (C=O) groups excluding carboxylic acids is 2. The Morgan fingerprint density at radius 1 is 0.500 bits per heavy atom. The minimum Gasteiger partial charge on any atom is -0.345 e. The number of aryl methyl sites for hydroxylation is 2. The highest BCUT2D eigenvalue weighted by atomic mass is 16.2. The molecule has 0 bridgehead atoms. The van der Waals surface area contributed by atoms with Crippen LogP contribution in [-0.4, -0.2) is 41.7 Å². The molecule has 0 aliphatic rings. The first-order valence-corrected chi connectivity index (χ1v) is 18.3. The van der Waals surface area contributed by atoms with Crippen LogP contribution in [0.4, 0.5) is 0 Å². The zero-order chi connectivity index (χ0) is 39.0. The van der Waals surface area contributed by atoms with Crippen LogP contribution in [-0.2, 0) is 0 Å².